The van der Waals surface area contributed by atoms with Crippen LogP contribution in [0.25, 0.3) is 10.9 Å². The van der Waals surface area contributed by atoms with Crippen LogP contribution in [0.4, 0.5) is 8.78 Å². The third-order valence-electron chi connectivity index (χ3n) is 4.60. The number of nitrogens with one attached hydrogen (secondary N) is 2. The van der Waals surface area contributed by atoms with E-state index in [-0.39, 0.29) is 22.9 Å². The minimum atomic E-state index is -3.82. The molecule has 3 aromatic rings. The smallest absolute Gasteiger partial charge is 0.487 e. The molecule has 0 spiro atoms. The monoisotopic (exact) mass is 458 g/mol. The summed E-state index contributed by atoms with van der Waals surface area (Å²) in [7, 11) is -2.40. The molecule has 0 radical (unpaired) electrons. The van der Waals surface area contributed by atoms with E-state index in [4.69, 9.17) is 16.3 Å². The largest absolute Gasteiger partial charge is 0.495 e. The zero-order valence-electron chi connectivity index (χ0n) is 16.6. The van der Waals surface area contributed by atoms with Crippen LogP contribution in [0.2, 0.25) is 0 Å². The van der Waals surface area contributed by atoms with Gasteiger partial charge in [0, 0.05) is 34.7 Å². The highest BCUT2D eigenvalue weighted by atomic mass is 35.5. The highest BCUT2D eigenvalue weighted by Crippen LogP contribution is 2.31. The summed E-state index contributed by atoms with van der Waals surface area (Å²) in [5.74, 6) is 0.160. The van der Waals surface area contributed by atoms with E-state index in [1.807, 2.05) is 6.92 Å². The summed E-state index contributed by atoms with van der Waals surface area (Å²) in [6, 6.07) is 9.33. The van der Waals surface area contributed by atoms with E-state index in [1.165, 1.54) is 25.3 Å². The zero-order chi connectivity index (χ0) is 22.1. The first-order chi connectivity index (χ1) is 14.0. The van der Waals surface area contributed by atoms with Crippen LogP contribution < -0.4 is 14.2 Å². The molecule has 2 N–H and O–H groups in total. The summed E-state index contributed by atoms with van der Waals surface area (Å²) < 4.78 is 63.5. The Balaban J connectivity index is 1.81. The first-order valence-electron chi connectivity index (χ1n) is 9.01. The van der Waals surface area contributed by atoms with Crippen molar-refractivity contribution in [2.75, 3.05) is 13.7 Å². The third-order valence-corrected chi connectivity index (χ3v) is 6.16. The van der Waals surface area contributed by atoms with Gasteiger partial charge in [0.1, 0.15) is 16.4 Å². The summed E-state index contributed by atoms with van der Waals surface area (Å²) in [4.78, 5) is 3.21. The van der Waals surface area contributed by atoms with Crippen molar-refractivity contribution in [3.63, 3.8) is 0 Å². The van der Waals surface area contributed by atoms with Crippen molar-refractivity contribution < 1.29 is 26.7 Å². The summed E-state index contributed by atoms with van der Waals surface area (Å²) in [6.07, 6.45) is 0.333. The molecule has 162 valence electrons. The first-order valence-corrected chi connectivity index (χ1v) is 10.9. The Morgan fingerprint density at radius 3 is 2.57 bits per heavy atom. The molecule has 0 fully saturated rings. The lowest BCUT2D eigenvalue weighted by atomic mass is 10.1. The van der Waals surface area contributed by atoms with E-state index in [0.717, 1.165) is 22.3 Å². The quantitative estimate of drug-likeness (QED) is 0.488. The Morgan fingerprint density at radius 2 is 1.90 bits per heavy atom. The van der Waals surface area contributed by atoms with Gasteiger partial charge in [0.25, 0.3) is 0 Å². The molecule has 0 bridgehead atoms. The number of sulfonamides is 1. The molecule has 1 heterocycles. The lowest BCUT2D eigenvalue weighted by molar-refractivity contribution is -0.0964. The number of ether oxygens (including phenoxy) is 2. The van der Waals surface area contributed by atoms with Gasteiger partial charge in [-0.3, -0.25) is 0 Å². The Morgan fingerprint density at radius 1 is 1.17 bits per heavy atom. The molecule has 0 unspecified atom stereocenters. The second kappa shape index (κ2) is 8.41. The molecular weight excluding hydrogens is 438 g/mol. The average molecular weight is 459 g/mol. The molecule has 0 aliphatic rings. The van der Waals surface area contributed by atoms with Crippen molar-refractivity contribution >= 4 is 32.5 Å². The van der Waals surface area contributed by atoms with Crippen molar-refractivity contribution in [2.45, 2.75) is 30.7 Å². The van der Waals surface area contributed by atoms with E-state index in [9.17, 15) is 17.2 Å². The molecule has 1 aromatic heterocycles. The van der Waals surface area contributed by atoms with Crippen molar-refractivity contribution in [3.05, 3.63) is 53.2 Å². The fraction of sp³-hybridized carbons (Fsp3) is 0.300. The van der Waals surface area contributed by atoms with E-state index in [2.05, 4.69) is 14.4 Å². The fourth-order valence-electron chi connectivity index (χ4n) is 3.26. The van der Waals surface area contributed by atoms with Gasteiger partial charge in [-0.2, -0.15) is 0 Å². The minimum absolute atomic E-state index is 0.0562. The topological polar surface area (TPSA) is 80.4 Å². The Labute approximate surface area is 178 Å². The SMILES string of the molecule is COc1ccc(C)cc1S(=O)(=O)NCCc1c(C)[nH]c2ccc(OC(F)(F)Cl)cc12. The van der Waals surface area contributed by atoms with Crippen molar-refractivity contribution in [1.82, 2.24) is 9.71 Å². The molecule has 6 nitrogen and oxygen atoms in total. The van der Waals surface area contributed by atoms with Gasteiger partial charge in [0.15, 0.2) is 0 Å². The predicted octanol–water partition coefficient (Wildman–Crippen LogP) is 4.48. The fourth-order valence-corrected chi connectivity index (χ4v) is 4.64. The number of hydrogen-bond donors (Lipinski definition) is 2. The van der Waals surface area contributed by atoms with Crippen LogP contribution in [-0.2, 0) is 16.4 Å². The zero-order valence-corrected chi connectivity index (χ0v) is 18.1. The molecule has 2 aromatic carbocycles. The summed E-state index contributed by atoms with van der Waals surface area (Å²) in [5.41, 5.74) is -0.732. The number of H-pyrrole nitrogens is 1. The molecule has 0 saturated carbocycles. The van der Waals surface area contributed by atoms with Crippen LogP contribution in [0.5, 0.6) is 11.5 Å². The average Bonchev–Trinajstić information content (AvgIpc) is 2.95. The lowest BCUT2D eigenvalue weighted by Crippen LogP contribution is -2.26. The standard InChI is InChI=1S/C20H21ClF2N2O4S/c1-12-4-7-18(28-3)19(10-12)30(26,27)24-9-8-15-13(2)25-17-6-5-14(11-16(15)17)29-20(21,22)23/h4-7,10-11,24-25H,8-9H2,1-3H3. The Bertz CT molecular complexity index is 1170. The number of rotatable bonds is 8. The van der Waals surface area contributed by atoms with Crippen molar-refractivity contribution in [2.24, 2.45) is 0 Å². The van der Waals surface area contributed by atoms with E-state index in [1.54, 1.807) is 25.1 Å². The maximum Gasteiger partial charge on any atom is 0.487 e. The summed E-state index contributed by atoms with van der Waals surface area (Å²) in [6.45, 7) is 3.71. The van der Waals surface area contributed by atoms with E-state index >= 15 is 0 Å². The number of alkyl halides is 3. The van der Waals surface area contributed by atoms with Gasteiger partial charge >= 0.3 is 5.57 Å². The molecule has 0 aliphatic heterocycles. The minimum Gasteiger partial charge on any atom is -0.495 e. The van der Waals surface area contributed by atoms with Gasteiger partial charge in [0.05, 0.1) is 7.11 Å². The maximum absolute atomic E-state index is 12.9. The molecule has 0 amide bonds. The van der Waals surface area contributed by atoms with Crippen LogP contribution in [0.3, 0.4) is 0 Å². The maximum atomic E-state index is 12.9. The second-order valence-electron chi connectivity index (χ2n) is 6.79. The van der Waals surface area contributed by atoms with E-state index in [0.29, 0.717) is 11.8 Å². The number of aromatic nitrogens is 1. The number of aromatic amines is 1. The first kappa shape index (κ1) is 22.3. The van der Waals surface area contributed by atoms with E-state index < -0.39 is 15.6 Å². The normalized spacial score (nSPS) is 12.3. The van der Waals surface area contributed by atoms with Gasteiger partial charge in [-0.05, 0) is 61.7 Å². The number of methoxy groups -OCH3 is 1. The molecule has 3 rings (SSSR count). The van der Waals surface area contributed by atoms with Crippen LogP contribution in [0.15, 0.2) is 41.3 Å². The van der Waals surface area contributed by atoms with Gasteiger partial charge in [-0.25, -0.2) is 13.1 Å². The van der Waals surface area contributed by atoms with Crippen LogP contribution in [0, 0.1) is 13.8 Å². The van der Waals surface area contributed by atoms with Crippen LogP contribution >= 0.6 is 11.6 Å². The Hall–Kier alpha value is -2.36. The lowest BCUT2D eigenvalue weighted by Gasteiger charge is -2.12. The molecule has 0 atom stereocenters. The highest BCUT2D eigenvalue weighted by Gasteiger charge is 2.28. The number of halogens is 3. The Kier molecular flexibility index (Phi) is 6.26. The van der Waals surface area contributed by atoms with Crippen LogP contribution in [-0.4, -0.2) is 32.6 Å². The highest BCUT2D eigenvalue weighted by molar-refractivity contribution is 7.89. The van der Waals surface area contributed by atoms with Gasteiger partial charge in [0.2, 0.25) is 10.0 Å². The molecule has 0 aliphatic carbocycles. The third kappa shape index (κ3) is 5.03. The molecule has 30 heavy (non-hydrogen) atoms. The number of fused-ring (bicyclic) bond motifs is 1. The number of aryl methyl sites for hydroxylation is 2. The van der Waals surface area contributed by atoms with Crippen molar-refractivity contribution in [1.29, 1.82) is 0 Å². The van der Waals surface area contributed by atoms with Gasteiger partial charge < -0.3 is 14.5 Å². The summed E-state index contributed by atoms with van der Waals surface area (Å²) in [5, 5.41) is 0.651. The molecular formula is C20H21ClF2N2O4S. The summed E-state index contributed by atoms with van der Waals surface area (Å²) >= 11 is 4.84. The second-order valence-corrected chi connectivity index (χ2v) is 8.96. The van der Waals surface area contributed by atoms with Gasteiger partial charge in [-0.15, -0.1) is 8.78 Å². The molecule has 0 saturated heterocycles. The number of hydrogen-bond acceptors (Lipinski definition) is 4. The van der Waals surface area contributed by atoms with Crippen molar-refractivity contribution in [3.8, 4) is 11.5 Å². The number of benzene rings is 2. The van der Waals surface area contributed by atoms with Crippen LogP contribution in [0.1, 0.15) is 16.8 Å². The van der Waals surface area contributed by atoms with Gasteiger partial charge in [-0.1, -0.05) is 6.07 Å². The molecule has 10 heteroatoms. The predicted molar refractivity (Wildman–Crippen MR) is 111 cm³/mol.